The van der Waals surface area contributed by atoms with Gasteiger partial charge in [-0.05, 0) is 36.3 Å². The summed E-state index contributed by atoms with van der Waals surface area (Å²) in [5, 5.41) is 3.01. The second-order valence-electron chi connectivity index (χ2n) is 5.67. The summed E-state index contributed by atoms with van der Waals surface area (Å²) in [6.45, 7) is 2.09. The van der Waals surface area contributed by atoms with Crippen LogP contribution in [0.5, 0.6) is 0 Å². The number of rotatable bonds is 2. The topological polar surface area (TPSA) is 12.2 Å². The van der Waals surface area contributed by atoms with Gasteiger partial charge < -0.3 is 4.74 Å². The number of nitrogens with zero attached hydrogens (tertiary/aromatic N) is 1. The molecular weight excluding hydrogens is 302 g/mol. The molecule has 0 fully saturated rings. The average Bonchev–Trinajstić information content (AvgIpc) is 3.06. The number of benzene rings is 1. The number of hydrogen-bond donors (Lipinski definition) is 0. The molecule has 0 unspecified atom stereocenters. The molecule has 0 atom stereocenters. The second-order valence-corrected chi connectivity index (χ2v) is 6.51. The molecule has 0 bridgehead atoms. The van der Waals surface area contributed by atoms with Gasteiger partial charge in [0, 0.05) is 23.1 Å². The average molecular weight is 322 g/mol. The van der Waals surface area contributed by atoms with Crippen LogP contribution in [0, 0.1) is 0 Å². The highest BCUT2D eigenvalue weighted by atomic mass is 32.2. The molecule has 2 aliphatic rings. The van der Waals surface area contributed by atoms with Crippen molar-refractivity contribution in [2.75, 3.05) is 14.1 Å². The van der Waals surface area contributed by atoms with Crippen molar-refractivity contribution in [2.24, 2.45) is 0 Å². The van der Waals surface area contributed by atoms with Crippen LogP contribution in [-0.2, 0) is 4.74 Å². The minimum absolute atomic E-state index is 0.918. The summed E-state index contributed by atoms with van der Waals surface area (Å²) in [6, 6.07) is 10.2. The first-order chi connectivity index (χ1) is 11.1. The molecular formula is C20H20NOS+. The van der Waals surface area contributed by atoms with E-state index in [1.807, 2.05) is 32.3 Å². The molecule has 1 aliphatic heterocycles. The van der Waals surface area contributed by atoms with Crippen molar-refractivity contribution in [3.8, 4) is 0 Å². The zero-order chi connectivity index (χ0) is 16.2. The molecule has 0 aromatic heterocycles. The van der Waals surface area contributed by atoms with Gasteiger partial charge in [0.1, 0.15) is 19.9 Å². The molecule has 3 heteroatoms. The van der Waals surface area contributed by atoms with Crippen molar-refractivity contribution in [3.05, 3.63) is 87.9 Å². The van der Waals surface area contributed by atoms with E-state index < -0.39 is 0 Å². The minimum atomic E-state index is 0.918. The number of allylic oxidation sites excluding steroid dienone is 7. The van der Waals surface area contributed by atoms with Gasteiger partial charge in [-0.2, -0.15) is 0 Å². The van der Waals surface area contributed by atoms with E-state index in [4.69, 9.17) is 4.74 Å². The maximum Gasteiger partial charge on any atom is 0.199 e. The molecule has 0 amide bonds. The van der Waals surface area contributed by atoms with Gasteiger partial charge in [0.15, 0.2) is 10.8 Å². The predicted octanol–water partition coefficient (Wildman–Crippen LogP) is 4.75. The molecule has 1 aromatic carbocycles. The number of ether oxygens (including phenoxy) is 1. The molecule has 1 heterocycles. The van der Waals surface area contributed by atoms with E-state index in [9.17, 15) is 0 Å². The Morgan fingerprint density at radius 2 is 1.74 bits per heavy atom. The Balaban J connectivity index is 1.75. The van der Waals surface area contributed by atoms with Gasteiger partial charge in [0.2, 0.25) is 0 Å². The largest absolute Gasteiger partial charge is 0.449 e. The summed E-state index contributed by atoms with van der Waals surface area (Å²) < 4.78 is 8.11. The fourth-order valence-corrected chi connectivity index (χ4v) is 3.12. The maximum atomic E-state index is 6.01. The lowest BCUT2D eigenvalue weighted by Crippen LogP contribution is -2.09. The van der Waals surface area contributed by atoms with Crippen molar-refractivity contribution >= 4 is 23.2 Å². The lowest BCUT2D eigenvalue weighted by Gasteiger charge is -2.07. The van der Waals surface area contributed by atoms with Crippen molar-refractivity contribution in [1.82, 2.24) is 0 Å². The Morgan fingerprint density at radius 3 is 2.39 bits per heavy atom. The molecule has 23 heavy (non-hydrogen) atoms. The van der Waals surface area contributed by atoms with Crippen LogP contribution in [-0.4, -0.2) is 24.4 Å². The molecule has 3 rings (SSSR count). The first-order valence-electron chi connectivity index (χ1n) is 7.56. The summed E-state index contributed by atoms with van der Waals surface area (Å²) in [6.07, 6.45) is 10.7. The standard InChI is InChI=1S/C20H20NOS/c1-15(13-16-9-11-18(12-10-16)21(2)3)20-22-19(14-23-20)17-7-5-4-6-8-17/h4-14H,1-3H3/q+1/b20-15-. The van der Waals surface area contributed by atoms with Crippen LogP contribution >= 0.6 is 11.8 Å². The Labute approximate surface area is 141 Å². The second kappa shape index (κ2) is 6.88. The first kappa shape index (κ1) is 15.6. The van der Waals surface area contributed by atoms with E-state index in [0.29, 0.717) is 0 Å². The van der Waals surface area contributed by atoms with E-state index in [0.717, 1.165) is 22.0 Å². The number of hydrogen-bond acceptors (Lipinski definition) is 2. The summed E-state index contributed by atoms with van der Waals surface area (Å²) in [5.41, 5.74) is 4.62. The third-order valence-electron chi connectivity index (χ3n) is 3.65. The van der Waals surface area contributed by atoms with Gasteiger partial charge >= 0.3 is 0 Å². The Hall–Kier alpha value is -2.26. The normalized spacial score (nSPS) is 18.7. The fraction of sp³-hybridized carbons (Fsp3) is 0.150. The lowest BCUT2D eigenvalue weighted by atomic mass is 10.1. The van der Waals surface area contributed by atoms with Crippen molar-refractivity contribution in [3.63, 3.8) is 0 Å². The monoisotopic (exact) mass is 322 g/mol. The molecule has 1 aromatic rings. The summed E-state index contributed by atoms with van der Waals surface area (Å²) in [5.74, 6) is 0.918. The van der Waals surface area contributed by atoms with Crippen molar-refractivity contribution in [1.29, 1.82) is 0 Å². The van der Waals surface area contributed by atoms with E-state index >= 15 is 0 Å². The smallest absolute Gasteiger partial charge is 0.199 e. The van der Waals surface area contributed by atoms with Crippen LogP contribution in [0.25, 0.3) is 5.76 Å². The molecule has 0 radical (unpaired) electrons. The van der Waals surface area contributed by atoms with Crippen LogP contribution in [0.2, 0.25) is 0 Å². The molecule has 0 N–H and O–H groups in total. The third kappa shape index (κ3) is 3.74. The predicted molar refractivity (Wildman–Crippen MR) is 99.3 cm³/mol. The highest BCUT2D eigenvalue weighted by Crippen LogP contribution is 2.38. The van der Waals surface area contributed by atoms with Gasteiger partial charge in [-0.25, -0.2) is 4.58 Å². The Morgan fingerprint density at radius 1 is 1.04 bits per heavy atom. The molecule has 116 valence electrons. The quantitative estimate of drug-likeness (QED) is 0.729. The summed E-state index contributed by atoms with van der Waals surface area (Å²) in [4.78, 5) is 0. The van der Waals surface area contributed by atoms with Gasteiger partial charge in [-0.1, -0.05) is 42.1 Å². The third-order valence-corrected chi connectivity index (χ3v) is 4.60. The lowest BCUT2D eigenvalue weighted by molar-refractivity contribution is -0.462. The highest BCUT2D eigenvalue weighted by Gasteiger charge is 2.16. The van der Waals surface area contributed by atoms with Crippen LogP contribution in [0.1, 0.15) is 12.5 Å². The van der Waals surface area contributed by atoms with Gasteiger partial charge in [-0.3, -0.25) is 0 Å². The van der Waals surface area contributed by atoms with E-state index in [1.54, 1.807) is 11.8 Å². The van der Waals surface area contributed by atoms with E-state index in [2.05, 4.69) is 59.4 Å². The van der Waals surface area contributed by atoms with Crippen LogP contribution < -0.4 is 0 Å². The Bertz CT molecular complexity index is 770. The van der Waals surface area contributed by atoms with E-state index in [1.165, 1.54) is 11.3 Å². The highest BCUT2D eigenvalue weighted by molar-refractivity contribution is 8.06. The zero-order valence-corrected chi connectivity index (χ0v) is 14.4. The van der Waals surface area contributed by atoms with Crippen molar-refractivity contribution in [2.45, 2.75) is 6.92 Å². The van der Waals surface area contributed by atoms with Crippen LogP contribution in [0.15, 0.2) is 82.4 Å². The SMILES string of the molecule is C/C(C=C1C=CC(=[N+](C)C)C=C1)=C1\OC(c2ccccc2)=CS1. The Kier molecular flexibility index (Phi) is 4.68. The number of thioether (sulfide) groups is 1. The van der Waals surface area contributed by atoms with E-state index in [-0.39, 0.29) is 0 Å². The fourth-order valence-electron chi connectivity index (χ4n) is 2.34. The maximum absolute atomic E-state index is 6.01. The van der Waals surface area contributed by atoms with Gasteiger partial charge in [-0.15, -0.1) is 0 Å². The molecule has 0 spiro atoms. The first-order valence-corrected chi connectivity index (χ1v) is 8.44. The molecule has 0 saturated heterocycles. The molecule has 2 nitrogen and oxygen atoms in total. The van der Waals surface area contributed by atoms with Crippen LogP contribution in [0.3, 0.4) is 0 Å². The van der Waals surface area contributed by atoms with Crippen molar-refractivity contribution < 1.29 is 9.31 Å². The molecule has 0 saturated carbocycles. The summed E-state index contributed by atoms with van der Waals surface area (Å²) in [7, 11) is 4.09. The summed E-state index contributed by atoms with van der Waals surface area (Å²) >= 11 is 1.64. The zero-order valence-electron chi connectivity index (χ0n) is 13.6. The van der Waals surface area contributed by atoms with Gasteiger partial charge in [0.05, 0.1) is 0 Å². The minimum Gasteiger partial charge on any atom is -0.449 e. The van der Waals surface area contributed by atoms with Crippen LogP contribution in [0.4, 0.5) is 0 Å². The van der Waals surface area contributed by atoms with Gasteiger partial charge in [0.25, 0.3) is 0 Å². The molecule has 1 aliphatic carbocycles.